The van der Waals surface area contributed by atoms with Gasteiger partial charge in [-0.1, -0.05) is 48.0 Å². The number of rotatable bonds is 4. The molecule has 0 saturated heterocycles. The summed E-state index contributed by atoms with van der Waals surface area (Å²) < 4.78 is 26.7. The van der Waals surface area contributed by atoms with E-state index in [2.05, 4.69) is 27.8 Å². The Morgan fingerprint density at radius 1 is 1.00 bits per heavy atom. The van der Waals surface area contributed by atoms with Crippen LogP contribution in [0.1, 0.15) is 11.1 Å². The van der Waals surface area contributed by atoms with Gasteiger partial charge in [0.1, 0.15) is 11.6 Å². The molecule has 0 radical (unpaired) electrons. The number of aromatic nitrogens is 1. The number of hydrogen-bond acceptors (Lipinski definition) is 2. The van der Waals surface area contributed by atoms with Gasteiger partial charge in [0.05, 0.1) is 11.2 Å². The van der Waals surface area contributed by atoms with Crippen molar-refractivity contribution in [1.82, 2.24) is 10.3 Å². The van der Waals surface area contributed by atoms with Crippen molar-refractivity contribution in [3.63, 3.8) is 0 Å². The van der Waals surface area contributed by atoms with Gasteiger partial charge in [-0.15, -0.1) is 0 Å². The zero-order chi connectivity index (χ0) is 21.1. The van der Waals surface area contributed by atoms with Gasteiger partial charge in [0.2, 0.25) is 0 Å². The van der Waals surface area contributed by atoms with E-state index in [9.17, 15) is 13.6 Å². The number of pyridine rings is 1. The van der Waals surface area contributed by atoms with Crippen LogP contribution in [0.4, 0.5) is 19.3 Å². The summed E-state index contributed by atoms with van der Waals surface area (Å²) in [5.41, 5.74) is 4.84. The third-order valence-electron chi connectivity index (χ3n) is 4.80. The molecule has 0 unspecified atom stereocenters. The van der Waals surface area contributed by atoms with Gasteiger partial charge in [-0.3, -0.25) is 4.98 Å². The van der Waals surface area contributed by atoms with Gasteiger partial charge in [-0.05, 0) is 41.8 Å². The number of carbonyl (C=O) groups is 1. The predicted molar refractivity (Wildman–Crippen MR) is 114 cm³/mol. The summed E-state index contributed by atoms with van der Waals surface area (Å²) in [7, 11) is 0. The third-order valence-corrected chi connectivity index (χ3v) is 4.80. The van der Waals surface area contributed by atoms with E-state index in [-0.39, 0.29) is 12.2 Å². The van der Waals surface area contributed by atoms with Crippen LogP contribution in [-0.4, -0.2) is 11.0 Å². The molecule has 0 bridgehead atoms. The first-order valence-electron chi connectivity index (χ1n) is 9.45. The molecule has 4 aromatic rings. The molecule has 0 spiro atoms. The molecular formula is C24H19F2N3O. The summed E-state index contributed by atoms with van der Waals surface area (Å²) in [6.45, 7) is 2.25. The average molecular weight is 403 g/mol. The van der Waals surface area contributed by atoms with Crippen LogP contribution < -0.4 is 10.6 Å². The fourth-order valence-corrected chi connectivity index (χ4v) is 3.37. The highest BCUT2D eigenvalue weighted by Crippen LogP contribution is 2.30. The molecular weight excluding hydrogens is 384 g/mol. The second-order valence-corrected chi connectivity index (χ2v) is 6.97. The van der Waals surface area contributed by atoms with Gasteiger partial charge in [-0.25, -0.2) is 13.6 Å². The van der Waals surface area contributed by atoms with E-state index in [1.807, 2.05) is 43.3 Å². The number of nitrogens with zero attached hydrogens (tertiary/aromatic N) is 1. The lowest BCUT2D eigenvalue weighted by atomic mass is 9.97. The number of benzene rings is 3. The quantitative estimate of drug-likeness (QED) is 0.452. The van der Waals surface area contributed by atoms with E-state index in [1.165, 1.54) is 11.6 Å². The highest BCUT2D eigenvalue weighted by molar-refractivity contribution is 5.96. The number of fused-ring (bicyclic) bond motifs is 1. The minimum absolute atomic E-state index is 0.0910. The highest BCUT2D eigenvalue weighted by atomic mass is 19.1. The normalized spacial score (nSPS) is 10.8. The van der Waals surface area contributed by atoms with Crippen LogP contribution in [0.3, 0.4) is 0 Å². The molecule has 4 nitrogen and oxygen atoms in total. The first-order valence-corrected chi connectivity index (χ1v) is 9.45. The van der Waals surface area contributed by atoms with Crippen LogP contribution in [0.15, 0.2) is 72.9 Å². The van der Waals surface area contributed by atoms with E-state index in [4.69, 9.17) is 0 Å². The second kappa shape index (κ2) is 8.29. The number of halogens is 2. The fourth-order valence-electron chi connectivity index (χ4n) is 3.37. The maximum Gasteiger partial charge on any atom is 0.319 e. The van der Waals surface area contributed by atoms with Crippen LogP contribution in [0.5, 0.6) is 0 Å². The van der Waals surface area contributed by atoms with E-state index in [1.54, 1.807) is 6.20 Å². The average Bonchev–Trinajstić information content (AvgIpc) is 2.74. The number of anilines is 1. The number of aryl methyl sites for hydroxylation is 1. The molecule has 3 aromatic carbocycles. The van der Waals surface area contributed by atoms with Gasteiger partial charge < -0.3 is 10.6 Å². The zero-order valence-corrected chi connectivity index (χ0v) is 16.2. The molecule has 0 fully saturated rings. The van der Waals surface area contributed by atoms with Crippen LogP contribution in [0.25, 0.3) is 22.0 Å². The van der Waals surface area contributed by atoms with Crippen molar-refractivity contribution in [3.05, 3.63) is 95.7 Å². The largest absolute Gasteiger partial charge is 0.334 e. The van der Waals surface area contributed by atoms with Crippen molar-refractivity contribution in [1.29, 1.82) is 0 Å². The number of hydrogen-bond donors (Lipinski definition) is 2. The fraction of sp³-hybridized carbons (Fsp3) is 0.0833. The monoisotopic (exact) mass is 403 g/mol. The van der Waals surface area contributed by atoms with Crippen molar-refractivity contribution in [3.8, 4) is 11.1 Å². The summed E-state index contributed by atoms with van der Waals surface area (Å²) in [4.78, 5) is 16.7. The van der Waals surface area contributed by atoms with Crippen molar-refractivity contribution in [2.24, 2.45) is 0 Å². The van der Waals surface area contributed by atoms with Crippen molar-refractivity contribution >= 4 is 22.6 Å². The Kier molecular flexibility index (Phi) is 5.39. The molecule has 0 atom stereocenters. The SMILES string of the molecule is Cc1cccc(-c2ccc(CNC(=O)Nc3ccc(F)cc3F)c3ncccc23)c1. The molecule has 1 heterocycles. The lowest BCUT2D eigenvalue weighted by Crippen LogP contribution is -2.28. The first kappa shape index (κ1) is 19.5. The maximum absolute atomic E-state index is 13.7. The maximum atomic E-state index is 13.7. The topological polar surface area (TPSA) is 54.0 Å². The Morgan fingerprint density at radius 3 is 2.67 bits per heavy atom. The molecule has 1 aromatic heterocycles. The second-order valence-electron chi connectivity index (χ2n) is 6.97. The van der Waals surface area contributed by atoms with Gasteiger partial charge >= 0.3 is 6.03 Å². The van der Waals surface area contributed by atoms with Gasteiger partial charge in [0.25, 0.3) is 0 Å². The number of urea groups is 1. The molecule has 0 saturated carbocycles. The van der Waals surface area contributed by atoms with E-state index in [0.29, 0.717) is 0 Å². The van der Waals surface area contributed by atoms with Crippen molar-refractivity contribution in [2.75, 3.05) is 5.32 Å². The molecule has 2 N–H and O–H groups in total. The zero-order valence-electron chi connectivity index (χ0n) is 16.2. The van der Waals surface area contributed by atoms with Crippen LogP contribution >= 0.6 is 0 Å². The number of amides is 2. The lowest BCUT2D eigenvalue weighted by molar-refractivity contribution is 0.251. The van der Waals surface area contributed by atoms with Crippen molar-refractivity contribution < 1.29 is 13.6 Å². The minimum atomic E-state index is -0.834. The van der Waals surface area contributed by atoms with Crippen molar-refractivity contribution in [2.45, 2.75) is 13.5 Å². The Morgan fingerprint density at radius 2 is 1.87 bits per heavy atom. The molecule has 6 heteroatoms. The molecule has 0 aliphatic rings. The van der Waals surface area contributed by atoms with E-state index >= 15 is 0 Å². The molecule has 2 amide bonds. The van der Waals surface area contributed by atoms with Crippen LogP contribution in [0, 0.1) is 18.6 Å². The molecule has 150 valence electrons. The van der Waals surface area contributed by atoms with Gasteiger partial charge in [0, 0.05) is 24.2 Å². The first-order chi connectivity index (χ1) is 14.5. The minimum Gasteiger partial charge on any atom is -0.334 e. The highest BCUT2D eigenvalue weighted by Gasteiger charge is 2.11. The predicted octanol–water partition coefficient (Wildman–Crippen LogP) is 5.81. The summed E-state index contributed by atoms with van der Waals surface area (Å²) >= 11 is 0. The van der Waals surface area contributed by atoms with E-state index < -0.39 is 17.7 Å². The van der Waals surface area contributed by atoms with Gasteiger partial charge in [-0.2, -0.15) is 0 Å². The molecule has 4 rings (SSSR count). The van der Waals surface area contributed by atoms with Gasteiger partial charge in [0.15, 0.2) is 0 Å². The Balaban J connectivity index is 1.56. The smallest absolute Gasteiger partial charge is 0.319 e. The summed E-state index contributed by atoms with van der Waals surface area (Å²) in [6.07, 6.45) is 1.71. The Bertz CT molecular complexity index is 1240. The molecule has 0 aliphatic heterocycles. The summed E-state index contributed by atoms with van der Waals surface area (Å²) in [5, 5.41) is 6.07. The Hall–Kier alpha value is -3.80. The third kappa shape index (κ3) is 4.12. The standard InChI is InChI=1S/C24H19F2N3O/c1-15-4-2-5-16(12-15)19-9-7-17(23-20(19)6-3-11-27-23)14-28-24(30)29-22-10-8-18(25)13-21(22)26/h2-13H,14H2,1H3,(H2,28,29,30). The van der Waals surface area contributed by atoms with Crippen LogP contribution in [-0.2, 0) is 6.54 Å². The molecule has 0 aliphatic carbocycles. The summed E-state index contributed by atoms with van der Waals surface area (Å²) in [5.74, 6) is -1.54. The molecule has 30 heavy (non-hydrogen) atoms. The number of nitrogens with one attached hydrogen (secondary N) is 2. The van der Waals surface area contributed by atoms with Crippen LogP contribution in [0.2, 0.25) is 0 Å². The lowest BCUT2D eigenvalue weighted by Gasteiger charge is -2.13. The summed E-state index contributed by atoms with van der Waals surface area (Å²) in [6, 6.07) is 18.4. The Labute approximate surface area is 172 Å². The van der Waals surface area contributed by atoms with E-state index in [0.717, 1.165) is 39.7 Å². The number of carbonyl (C=O) groups excluding carboxylic acids is 1.